The van der Waals surface area contributed by atoms with Gasteiger partial charge >= 0.3 is 0 Å². The number of hydrogen-bond donors (Lipinski definition) is 2. The highest BCUT2D eigenvalue weighted by Crippen LogP contribution is 2.18. The number of guanidine groups is 1. The summed E-state index contributed by atoms with van der Waals surface area (Å²) in [5, 5.41) is 9.98. The SMILES string of the molecule is CN=C(NCCCc1ccccc1)NCc1csc(C(C)C)n1.I. The first-order chi connectivity index (χ1) is 11.2. The monoisotopic (exact) mass is 458 g/mol. The molecular formula is C18H27IN4S. The molecule has 0 aliphatic carbocycles. The van der Waals surface area contributed by atoms with Crippen molar-refractivity contribution in [3.8, 4) is 0 Å². The third-order valence-corrected chi connectivity index (χ3v) is 4.70. The van der Waals surface area contributed by atoms with E-state index in [0.29, 0.717) is 12.5 Å². The molecule has 1 heterocycles. The largest absolute Gasteiger partial charge is 0.356 e. The van der Waals surface area contributed by atoms with Crippen molar-refractivity contribution in [3.05, 3.63) is 52.0 Å². The van der Waals surface area contributed by atoms with E-state index >= 15 is 0 Å². The molecule has 4 nitrogen and oxygen atoms in total. The zero-order valence-electron chi connectivity index (χ0n) is 14.6. The van der Waals surface area contributed by atoms with Gasteiger partial charge in [0, 0.05) is 24.9 Å². The minimum Gasteiger partial charge on any atom is -0.356 e. The van der Waals surface area contributed by atoms with Crippen molar-refractivity contribution < 1.29 is 0 Å². The van der Waals surface area contributed by atoms with Gasteiger partial charge in [-0.15, -0.1) is 35.3 Å². The number of aromatic nitrogens is 1. The molecule has 6 heteroatoms. The maximum absolute atomic E-state index is 4.63. The van der Waals surface area contributed by atoms with Crippen LogP contribution in [0.5, 0.6) is 0 Å². The molecule has 0 radical (unpaired) electrons. The van der Waals surface area contributed by atoms with Crippen LogP contribution in [0.1, 0.15) is 42.5 Å². The van der Waals surface area contributed by atoms with Crippen molar-refractivity contribution in [2.24, 2.45) is 4.99 Å². The lowest BCUT2D eigenvalue weighted by molar-refractivity contribution is 0.736. The smallest absolute Gasteiger partial charge is 0.191 e. The van der Waals surface area contributed by atoms with E-state index in [4.69, 9.17) is 0 Å². The summed E-state index contributed by atoms with van der Waals surface area (Å²) in [6.45, 7) is 5.96. The number of nitrogens with one attached hydrogen (secondary N) is 2. The Morgan fingerprint density at radius 2 is 1.96 bits per heavy atom. The average molecular weight is 458 g/mol. The maximum Gasteiger partial charge on any atom is 0.191 e. The van der Waals surface area contributed by atoms with Gasteiger partial charge in [-0.05, 0) is 18.4 Å². The van der Waals surface area contributed by atoms with Gasteiger partial charge in [-0.2, -0.15) is 0 Å². The fourth-order valence-electron chi connectivity index (χ4n) is 2.21. The van der Waals surface area contributed by atoms with Crippen LogP contribution >= 0.6 is 35.3 Å². The minimum atomic E-state index is 0. The lowest BCUT2D eigenvalue weighted by atomic mass is 10.1. The second-order valence-corrected chi connectivity index (χ2v) is 6.66. The van der Waals surface area contributed by atoms with E-state index in [1.807, 2.05) is 0 Å². The Kier molecular flexibility index (Phi) is 9.94. The van der Waals surface area contributed by atoms with Crippen LogP contribution < -0.4 is 10.6 Å². The molecule has 2 rings (SSSR count). The Hall–Kier alpha value is -1.15. The normalized spacial score (nSPS) is 11.2. The number of nitrogens with zero attached hydrogens (tertiary/aromatic N) is 2. The summed E-state index contributed by atoms with van der Waals surface area (Å²) < 4.78 is 0. The lowest BCUT2D eigenvalue weighted by Gasteiger charge is -2.11. The first kappa shape index (κ1) is 20.9. The number of hydrogen-bond acceptors (Lipinski definition) is 3. The molecule has 0 saturated heterocycles. The number of halogens is 1. The highest BCUT2D eigenvalue weighted by molar-refractivity contribution is 14.0. The average Bonchev–Trinajstić information content (AvgIpc) is 3.04. The summed E-state index contributed by atoms with van der Waals surface area (Å²) in [6.07, 6.45) is 2.16. The van der Waals surface area contributed by atoms with Crippen molar-refractivity contribution in [1.29, 1.82) is 0 Å². The molecule has 0 unspecified atom stereocenters. The summed E-state index contributed by atoms with van der Waals surface area (Å²) in [5.74, 6) is 1.32. The Bertz CT molecular complexity index is 610. The van der Waals surface area contributed by atoms with Crippen molar-refractivity contribution in [3.63, 3.8) is 0 Å². The fraction of sp³-hybridized carbons (Fsp3) is 0.444. The molecular weight excluding hydrogens is 431 g/mol. The second kappa shape index (κ2) is 11.4. The summed E-state index contributed by atoms with van der Waals surface area (Å²) >= 11 is 1.72. The van der Waals surface area contributed by atoms with Crippen molar-refractivity contribution >= 4 is 41.3 Å². The van der Waals surface area contributed by atoms with Gasteiger partial charge in [-0.3, -0.25) is 4.99 Å². The van der Waals surface area contributed by atoms with Gasteiger partial charge < -0.3 is 10.6 Å². The van der Waals surface area contributed by atoms with Crippen LogP contribution in [-0.4, -0.2) is 24.5 Å². The molecule has 0 spiro atoms. The quantitative estimate of drug-likeness (QED) is 0.283. The van der Waals surface area contributed by atoms with E-state index in [2.05, 4.69) is 70.2 Å². The van der Waals surface area contributed by atoms with Gasteiger partial charge in [0.05, 0.1) is 17.2 Å². The van der Waals surface area contributed by atoms with Crippen LogP contribution in [-0.2, 0) is 13.0 Å². The molecule has 0 aliphatic heterocycles. The van der Waals surface area contributed by atoms with Crippen molar-refractivity contribution in [2.75, 3.05) is 13.6 Å². The third-order valence-electron chi connectivity index (χ3n) is 3.50. The first-order valence-corrected chi connectivity index (χ1v) is 8.99. The standard InChI is InChI=1S/C18H26N4S.HI/c1-14(2)17-22-16(13-23-17)12-21-18(19-3)20-11-7-10-15-8-5-4-6-9-15;/h4-6,8-9,13-14H,7,10-12H2,1-3H3,(H2,19,20,21);1H. The summed E-state index contributed by atoms with van der Waals surface area (Å²) in [7, 11) is 1.80. The van der Waals surface area contributed by atoms with Gasteiger partial charge in [0.15, 0.2) is 5.96 Å². The molecule has 132 valence electrons. The Balaban J connectivity index is 0.00000288. The molecule has 0 bridgehead atoms. The van der Waals surface area contributed by atoms with Gasteiger partial charge in [-0.1, -0.05) is 44.2 Å². The van der Waals surface area contributed by atoms with Crippen molar-refractivity contribution in [1.82, 2.24) is 15.6 Å². The summed E-state index contributed by atoms with van der Waals surface area (Å²) in [5.41, 5.74) is 2.45. The Morgan fingerprint density at radius 1 is 1.21 bits per heavy atom. The molecule has 2 N–H and O–H groups in total. The van der Waals surface area contributed by atoms with Crippen molar-refractivity contribution in [2.45, 2.75) is 39.2 Å². The zero-order chi connectivity index (χ0) is 16.5. The lowest BCUT2D eigenvalue weighted by Crippen LogP contribution is -2.37. The summed E-state index contributed by atoms with van der Waals surface area (Å²) in [4.78, 5) is 8.89. The van der Waals surface area contributed by atoms with E-state index in [1.54, 1.807) is 18.4 Å². The van der Waals surface area contributed by atoms with Crippen LogP contribution in [0, 0.1) is 0 Å². The van der Waals surface area contributed by atoms with Crippen LogP contribution in [0.4, 0.5) is 0 Å². The highest BCUT2D eigenvalue weighted by Gasteiger charge is 2.06. The van der Waals surface area contributed by atoms with E-state index in [1.165, 1.54) is 10.6 Å². The molecule has 0 saturated carbocycles. The highest BCUT2D eigenvalue weighted by atomic mass is 127. The molecule has 0 amide bonds. The van der Waals surface area contributed by atoms with E-state index < -0.39 is 0 Å². The van der Waals surface area contributed by atoms with Crippen LogP contribution in [0.2, 0.25) is 0 Å². The third kappa shape index (κ3) is 7.17. The van der Waals surface area contributed by atoms with E-state index in [-0.39, 0.29) is 24.0 Å². The molecule has 0 aliphatic rings. The molecule has 2 aromatic rings. The molecule has 0 atom stereocenters. The Morgan fingerprint density at radius 3 is 2.58 bits per heavy atom. The first-order valence-electron chi connectivity index (χ1n) is 8.11. The van der Waals surface area contributed by atoms with E-state index in [9.17, 15) is 0 Å². The van der Waals surface area contributed by atoms with Gasteiger partial charge in [0.1, 0.15) is 0 Å². The van der Waals surface area contributed by atoms with Crippen LogP contribution in [0.3, 0.4) is 0 Å². The summed E-state index contributed by atoms with van der Waals surface area (Å²) in [6, 6.07) is 10.6. The minimum absolute atomic E-state index is 0. The fourth-order valence-corrected chi connectivity index (χ4v) is 3.04. The molecule has 1 aromatic heterocycles. The second-order valence-electron chi connectivity index (χ2n) is 5.77. The van der Waals surface area contributed by atoms with Crippen LogP contribution in [0.15, 0.2) is 40.7 Å². The number of aryl methyl sites for hydroxylation is 1. The molecule has 1 aromatic carbocycles. The van der Waals surface area contributed by atoms with E-state index in [0.717, 1.165) is 31.0 Å². The number of rotatable bonds is 7. The van der Waals surface area contributed by atoms with Gasteiger partial charge in [0.25, 0.3) is 0 Å². The number of benzene rings is 1. The predicted octanol–water partition coefficient (Wildman–Crippen LogP) is 4.18. The topological polar surface area (TPSA) is 49.3 Å². The molecule has 0 fully saturated rings. The number of aliphatic imine (C=N–C) groups is 1. The maximum atomic E-state index is 4.63. The number of thiazole rings is 1. The predicted molar refractivity (Wildman–Crippen MR) is 115 cm³/mol. The Labute approximate surface area is 166 Å². The van der Waals surface area contributed by atoms with Crippen LogP contribution in [0.25, 0.3) is 0 Å². The molecule has 24 heavy (non-hydrogen) atoms. The van der Waals surface area contributed by atoms with Gasteiger partial charge in [0.2, 0.25) is 0 Å². The zero-order valence-corrected chi connectivity index (χ0v) is 17.7. The van der Waals surface area contributed by atoms with Gasteiger partial charge in [-0.25, -0.2) is 4.98 Å².